The molecule has 0 N–H and O–H groups in total. The minimum Gasteiger partial charge on any atom is -0.478 e. The summed E-state index contributed by atoms with van der Waals surface area (Å²) in [6.07, 6.45) is 5.98. The number of benzene rings is 1. The van der Waals surface area contributed by atoms with Crippen molar-refractivity contribution in [3.05, 3.63) is 34.8 Å². The van der Waals surface area contributed by atoms with E-state index in [0.29, 0.717) is 21.9 Å². The maximum Gasteiger partial charge on any atom is 0.258 e. The first kappa shape index (κ1) is 12.8. The highest BCUT2D eigenvalue weighted by Crippen LogP contribution is 2.37. The van der Waals surface area contributed by atoms with E-state index in [2.05, 4.69) is 26.1 Å². The smallest absolute Gasteiger partial charge is 0.258 e. The quantitative estimate of drug-likeness (QED) is 0.726. The Hall–Kier alpha value is -1.89. The second kappa shape index (κ2) is 4.56. The molecule has 7 heteroatoms. The predicted octanol–water partition coefficient (Wildman–Crippen LogP) is 3.47. The molecule has 0 aliphatic heterocycles. The molecule has 5 nitrogen and oxygen atoms in total. The summed E-state index contributed by atoms with van der Waals surface area (Å²) in [4.78, 5) is 0. The highest BCUT2D eigenvalue weighted by Gasteiger charge is 2.27. The molecule has 2 aromatic heterocycles. The van der Waals surface area contributed by atoms with Crippen LogP contribution in [0.25, 0.3) is 16.6 Å². The van der Waals surface area contributed by atoms with Crippen LogP contribution < -0.4 is 4.74 Å². The van der Waals surface area contributed by atoms with E-state index >= 15 is 0 Å². The predicted molar refractivity (Wildman–Crippen MR) is 79.3 cm³/mol. The number of halogens is 2. The Morgan fingerprint density at radius 3 is 2.81 bits per heavy atom. The van der Waals surface area contributed by atoms with Crippen molar-refractivity contribution < 1.29 is 9.13 Å². The molecule has 0 unspecified atom stereocenters. The molecule has 1 aliphatic carbocycles. The maximum absolute atomic E-state index is 13.6. The van der Waals surface area contributed by atoms with Crippen LogP contribution in [0.5, 0.6) is 5.88 Å². The summed E-state index contributed by atoms with van der Waals surface area (Å²) in [6.45, 7) is 0. The van der Waals surface area contributed by atoms with Crippen LogP contribution in [0.3, 0.4) is 0 Å². The van der Waals surface area contributed by atoms with E-state index in [-0.39, 0.29) is 5.82 Å². The number of ether oxygens (including phenoxy) is 1. The molecule has 0 radical (unpaired) electrons. The number of aromatic nitrogens is 4. The number of hydrogen-bond acceptors (Lipinski definition) is 3. The monoisotopic (exact) mass is 350 g/mol. The molecule has 4 rings (SSSR count). The lowest BCUT2D eigenvalue weighted by Crippen LogP contribution is -1.95. The van der Waals surface area contributed by atoms with Gasteiger partial charge in [0.2, 0.25) is 0 Å². The molecule has 0 amide bonds. The summed E-state index contributed by atoms with van der Waals surface area (Å²) in [7, 11) is 1.59. The van der Waals surface area contributed by atoms with Gasteiger partial charge in [-0.1, -0.05) is 0 Å². The number of nitrogens with zero attached hydrogens (tertiary/aromatic N) is 4. The minimum absolute atomic E-state index is 0.303. The standard InChI is InChI=1S/C14H12BrFN4O/c1-21-14-12(7-19(18-14)8-2-3-8)20-6-9-11(17-20)5-4-10(16)13(9)15/h4-8H,2-3H2,1H3. The first-order valence-electron chi connectivity index (χ1n) is 6.64. The molecule has 1 fully saturated rings. The van der Waals surface area contributed by atoms with Crippen LogP contribution in [0.15, 0.2) is 29.0 Å². The number of methoxy groups -OCH3 is 1. The van der Waals surface area contributed by atoms with Crippen molar-refractivity contribution in [1.29, 1.82) is 0 Å². The fourth-order valence-electron chi connectivity index (χ4n) is 2.35. The largest absolute Gasteiger partial charge is 0.478 e. The molecule has 108 valence electrons. The number of fused-ring (bicyclic) bond motifs is 1. The van der Waals surface area contributed by atoms with Gasteiger partial charge in [-0.15, -0.1) is 5.10 Å². The summed E-state index contributed by atoms with van der Waals surface area (Å²) >= 11 is 3.26. The van der Waals surface area contributed by atoms with Gasteiger partial charge >= 0.3 is 0 Å². The summed E-state index contributed by atoms with van der Waals surface area (Å²) in [5, 5.41) is 9.62. The summed E-state index contributed by atoms with van der Waals surface area (Å²) < 4.78 is 22.9. The maximum atomic E-state index is 13.6. The van der Waals surface area contributed by atoms with Gasteiger partial charge in [0.15, 0.2) is 0 Å². The molecule has 1 saturated carbocycles. The molecular formula is C14H12BrFN4O. The van der Waals surface area contributed by atoms with E-state index in [4.69, 9.17) is 4.74 Å². The van der Waals surface area contributed by atoms with Crippen molar-refractivity contribution in [3.63, 3.8) is 0 Å². The van der Waals surface area contributed by atoms with Crippen LogP contribution in [-0.2, 0) is 0 Å². The average molecular weight is 351 g/mol. The van der Waals surface area contributed by atoms with Gasteiger partial charge in [-0.3, -0.25) is 4.68 Å². The zero-order valence-electron chi connectivity index (χ0n) is 11.3. The van der Waals surface area contributed by atoms with E-state index < -0.39 is 0 Å². The average Bonchev–Trinajstić information content (AvgIpc) is 3.10. The lowest BCUT2D eigenvalue weighted by atomic mass is 10.2. The Bertz CT molecular complexity index is 837. The van der Waals surface area contributed by atoms with Crippen LogP contribution >= 0.6 is 15.9 Å². The van der Waals surface area contributed by atoms with Crippen molar-refractivity contribution in [2.75, 3.05) is 7.11 Å². The molecule has 2 heterocycles. The van der Waals surface area contributed by atoms with E-state index in [1.54, 1.807) is 24.1 Å². The topological polar surface area (TPSA) is 44.9 Å². The van der Waals surface area contributed by atoms with Gasteiger partial charge in [0.1, 0.15) is 11.5 Å². The fraction of sp³-hybridized carbons (Fsp3) is 0.286. The van der Waals surface area contributed by atoms with Crippen LogP contribution in [0, 0.1) is 5.82 Å². The second-order valence-electron chi connectivity index (χ2n) is 5.10. The van der Waals surface area contributed by atoms with Crippen LogP contribution in [0.4, 0.5) is 4.39 Å². The van der Waals surface area contributed by atoms with E-state index in [0.717, 1.165) is 23.9 Å². The first-order chi connectivity index (χ1) is 10.2. The fourth-order valence-corrected chi connectivity index (χ4v) is 2.79. The lowest BCUT2D eigenvalue weighted by molar-refractivity contribution is 0.386. The molecular weight excluding hydrogens is 339 g/mol. The second-order valence-corrected chi connectivity index (χ2v) is 5.90. The molecule has 1 aromatic carbocycles. The van der Waals surface area contributed by atoms with Crippen molar-refractivity contribution in [2.45, 2.75) is 18.9 Å². The van der Waals surface area contributed by atoms with E-state index in [9.17, 15) is 4.39 Å². The van der Waals surface area contributed by atoms with Gasteiger partial charge in [0, 0.05) is 11.6 Å². The molecule has 1 aliphatic rings. The molecule has 0 atom stereocenters. The molecule has 0 bridgehead atoms. The van der Waals surface area contributed by atoms with Crippen LogP contribution in [0.2, 0.25) is 0 Å². The van der Waals surface area contributed by atoms with Crippen LogP contribution in [-0.4, -0.2) is 26.7 Å². The Balaban J connectivity index is 1.87. The minimum atomic E-state index is -0.303. The van der Waals surface area contributed by atoms with Gasteiger partial charge in [-0.25, -0.2) is 9.07 Å². The molecule has 21 heavy (non-hydrogen) atoms. The van der Waals surface area contributed by atoms with E-state index in [1.165, 1.54) is 6.07 Å². The summed E-state index contributed by atoms with van der Waals surface area (Å²) in [5.41, 5.74) is 1.47. The third-order valence-corrected chi connectivity index (χ3v) is 4.42. The number of rotatable bonds is 3. The third kappa shape index (κ3) is 2.03. The van der Waals surface area contributed by atoms with E-state index in [1.807, 2.05) is 10.9 Å². The molecule has 0 spiro atoms. The van der Waals surface area contributed by atoms with Crippen molar-refractivity contribution in [1.82, 2.24) is 19.6 Å². The zero-order chi connectivity index (χ0) is 14.6. The van der Waals surface area contributed by atoms with Gasteiger partial charge in [-0.2, -0.15) is 5.10 Å². The number of hydrogen-bond donors (Lipinski definition) is 0. The molecule has 0 saturated heterocycles. The Morgan fingerprint density at radius 1 is 1.29 bits per heavy atom. The first-order valence-corrected chi connectivity index (χ1v) is 7.43. The van der Waals surface area contributed by atoms with Gasteiger partial charge < -0.3 is 4.74 Å². The van der Waals surface area contributed by atoms with Gasteiger partial charge in [-0.05, 0) is 40.9 Å². The molecule has 3 aromatic rings. The highest BCUT2D eigenvalue weighted by atomic mass is 79.9. The normalized spacial score (nSPS) is 14.8. The Labute approximate surface area is 128 Å². The highest BCUT2D eigenvalue weighted by molar-refractivity contribution is 9.10. The Morgan fingerprint density at radius 2 is 2.10 bits per heavy atom. The van der Waals surface area contributed by atoms with Crippen molar-refractivity contribution in [2.24, 2.45) is 0 Å². The zero-order valence-corrected chi connectivity index (χ0v) is 12.8. The third-order valence-electron chi connectivity index (χ3n) is 3.62. The Kier molecular flexibility index (Phi) is 2.78. The van der Waals surface area contributed by atoms with Crippen molar-refractivity contribution >= 4 is 26.8 Å². The van der Waals surface area contributed by atoms with Gasteiger partial charge in [0.05, 0.1) is 29.3 Å². The SMILES string of the molecule is COc1nn(C2CC2)cc1-n1cc2c(Br)c(F)ccc2n1. The van der Waals surface area contributed by atoms with Crippen molar-refractivity contribution in [3.8, 4) is 11.6 Å². The van der Waals surface area contributed by atoms with Crippen LogP contribution in [0.1, 0.15) is 18.9 Å². The summed E-state index contributed by atoms with van der Waals surface area (Å²) in [6, 6.07) is 3.51. The van der Waals surface area contributed by atoms with Gasteiger partial charge in [0.25, 0.3) is 5.88 Å². The lowest BCUT2D eigenvalue weighted by Gasteiger charge is -1.98. The summed E-state index contributed by atoms with van der Waals surface area (Å²) in [5.74, 6) is 0.217.